The largest absolute Gasteiger partial charge is 0.493 e. The van der Waals surface area contributed by atoms with Crippen molar-refractivity contribution >= 4 is 5.91 Å². The topological polar surface area (TPSA) is 60.5 Å². The smallest absolute Gasteiger partial charge is 0.261 e. The van der Waals surface area contributed by atoms with Crippen molar-refractivity contribution in [3.05, 3.63) is 54.4 Å². The summed E-state index contributed by atoms with van der Waals surface area (Å²) in [7, 11) is 1.56. The Balaban J connectivity index is 1.90. The molecule has 0 aliphatic heterocycles. The molecule has 0 aliphatic carbocycles. The molecule has 5 heteroatoms. The number of pyridine rings is 1. The number of ether oxygens (including phenoxy) is 2. The molecule has 2 rings (SSSR count). The van der Waals surface area contributed by atoms with Crippen LogP contribution in [0.5, 0.6) is 11.5 Å². The summed E-state index contributed by atoms with van der Waals surface area (Å²) in [4.78, 5) is 16.2. The number of methoxy groups -OCH3 is 1. The number of benzene rings is 1. The normalized spacial score (nSPS) is 11.5. The molecule has 0 saturated carbocycles. The van der Waals surface area contributed by atoms with E-state index in [1.807, 2.05) is 30.3 Å². The number of hydrogen-bond acceptors (Lipinski definition) is 4. The number of carbonyl (C=O) groups excluding carboxylic acids is 1. The van der Waals surface area contributed by atoms with Gasteiger partial charge in [-0.25, -0.2) is 0 Å². The van der Waals surface area contributed by atoms with Crippen LogP contribution < -0.4 is 14.8 Å². The minimum Gasteiger partial charge on any atom is -0.493 e. The van der Waals surface area contributed by atoms with Gasteiger partial charge in [0.2, 0.25) is 0 Å². The molecule has 1 aromatic carbocycles. The van der Waals surface area contributed by atoms with Crippen LogP contribution >= 0.6 is 0 Å². The van der Waals surface area contributed by atoms with Crippen LogP contribution in [0.3, 0.4) is 0 Å². The Morgan fingerprint density at radius 2 is 1.90 bits per heavy atom. The molecule has 1 amide bonds. The van der Waals surface area contributed by atoms with Crippen molar-refractivity contribution in [1.82, 2.24) is 10.3 Å². The van der Waals surface area contributed by atoms with Crippen molar-refractivity contribution in [2.45, 2.75) is 19.6 Å². The molecule has 1 N–H and O–H groups in total. The number of amides is 1. The molecule has 2 aromatic rings. The number of para-hydroxylation sites is 2. The van der Waals surface area contributed by atoms with E-state index in [9.17, 15) is 4.79 Å². The average molecular weight is 286 g/mol. The molecule has 0 spiro atoms. The molecule has 0 saturated heterocycles. The molecule has 110 valence electrons. The maximum absolute atomic E-state index is 12.0. The van der Waals surface area contributed by atoms with Crippen LogP contribution in [0.1, 0.15) is 12.6 Å². The van der Waals surface area contributed by atoms with Gasteiger partial charge in [0, 0.05) is 6.20 Å². The summed E-state index contributed by atoms with van der Waals surface area (Å²) < 4.78 is 10.8. The van der Waals surface area contributed by atoms with Gasteiger partial charge in [0.25, 0.3) is 5.91 Å². The maximum Gasteiger partial charge on any atom is 0.261 e. The van der Waals surface area contributed by atoms with Gasteiger partial charge in [0.1, 0.15) is 0 Å². The van der Waals surface area contributed by atoms with Crippen molar-refractivity contribution in [3.8, 4) is 11.5 Å². The molecule has 1 aromatic heterocycles. The van der Waals surface area contributed by atoms with Gasteiger partial charge in [0.05, 0.1) is 19.3 Å². The summed E-state index contributed by atoms with van der Waals surface area (Å²) in [6.07, 6.45) is 1.07. The third kappa shape index (κ3) is 4.21. The van der Waals surface area contributed by atoms with E-state index in [-0.39, 0.29) is 5.91 Å². The zero-order valence-electron chi connectivity index (χ0n) is 12.1. The molecule has 0 unspecified atom stereocenters. The lowest BCUT2D eigenvalue weighted by Gasteiger charge is -2.16. The van der Waals surface area contributed by atoms with Gasteiger partial charge in [-0.1, -0.05) is 18.2 Å². The van der Waals surface area contributed by atoms with Crippen LogP contribution in [-0.4, -0.2) is 24.1 Å². The monoisotopic (exact) mass is 286 g/mol. The standard InChI is InChI=1S/C16H18N2O3/c1-12(21-15-9-4-3-8-14(15)20-2)16(19)18-11-13-7-5-6-10-17-13/h3-10,12H,11H2,1-2H3,(H,18,19)/t12-/m0/s1. The SMILES string of the molecule is COc1ccccc1O[C@@H](C)C(=O)NCc1ccccn1. The molecule has 0 aliphatic rings. The molecule has 1 heterocycles. The second-order valence-corrected chi connectivity index (χ2v) is 4.45. The van der Waals surface area contributed by atoms with Crippen LogP contribution in [0.2, 0.25) is 0 Å². The quantitative estimate of drug-likeness (QED) is 0.884. The Hall–Kier alpha value is -2.56. The van der Waals surface area contributed by atoms with Gasteiger partial charge in [-0.2, -0.15) is 0 Å². The number of carbonyl (C=O) groups is 1. The van der Waals surface area contributed by atoms with Crippen molar-refractivity contribution in [1.29, 1.82) is 0 Å². The highest BCUT2D eigenvalue weighted by atomic mass is 16.5. The van der Waals surface area contributed by atoms with Gasteiger partial charge in [0.15, 0.2) is 17.6 Å². The molecule has 0 radical (unpaired) electrons. The second-order valence-electron chi connectivity index (χ2n) is 4.45. The summed E-state index contributed by atoms with van der Waals surface area (Å²) in [6, 6.07) is 12.8. The van der Waals surface area contributed by atoms with Gasteiger partial charge in [-0.3, -0.25) is 9.78 Å². The molecule has 0 fully saturated rings. The van der Waals surface area contributed by atoms with Gasteiger partial charge in [-0.15, -0.1) is 0 Å². The lowest BCUT2D eigenvalue weighted by atomic mass is 10.3. The first-order valence-corrected chi connectivity index (χ1v) is 6.68. The average Bonchev–Trinajstić information content (AvgIpc) is 2.54. The molecular formula is C16H18N2O3. The zero-order chi connectivity index (χ0) is 15.1. The lowest BCUT2D eigenvalue weighted by Crippen LogP contribution is -2.36. The zero-order valence-corrected chi connectivity index (χ0v) is 12.1. The van der Waals surface area contributed by atoms with E-state index in [1.165, 1.54) is 0 Å². The summed E-state index contributed by atoms with van der Waals surface area (Å²) >= 11 is 0. The molecule has 1 atom stereocenters. The van der Waals surface area contributed by atoms with E-state index in [4.69, 9.17) is 9.47 Å². The second kappa shape index (κ2) is 7.28. The van der Waals surface area contributed by atoms with Crippen LogP contribution in [0, 0.1) is 0 Å². The van der Waals surface area contributed by atoms with Gasteiger partial charge in [-0.05, 0) is 31.2 Å². The molecule has 0 bridgehead atoms. The Morgan fingerprint density at radius 3 is 2.57 bits per heavy atom. The minimum atomic E-state index is -0.620. The summed E-state index contributed by atoms with van der Waals surface area (Å²) in [6.45, 7) is 2.07. The van der Waals surface area contributed by atoms with Gasteiger partial charge < -0.3 is 14.8 Å². The number of aromatic nitrogens is 1. The third-order valence-corrected chi connectivity index (χ3v) is 2.91. The van der Waals surface area contributed by atoms with Crippen LogP contribution in [-0.2, 0) is 11.3 Å². The first-order valence-electron chi connectivity index (χ1n) is 6.68. The fraction of sp³-hybridized carbons (Fsp3) is 0.250. The van der Waals surface area contributed by atoms with Crippen LogP contribution in [0.25, 0.3) is 0 Å². The number of nitrogens with zero attached hydrogens (tertiary/aromatic N) is 1. The maximum atomic E-state index is 12.0. The van der Waals surface area contributed by atoms with Gasteiger partial charge >= 0.3 is 0 Å². The predicted molar refractivity (Wildman–Crippen MR) is 79.2 cm³/mol. The third-order valence-electron chi connectivity index (χ3n) is 2.91. The highest BCUT2D eigenvalue weighted by molar-refractivity contribution is 5.80. The first-order chi connectivity index (χ1) is 10.2. The van der Waals surface area contributed by atoms with E-state index in [2.05, 4.69) is 10.3 Å². The van der Waals surface area contributed by atoms with E-state index < -0.39 is 6.10 Å². The summed E-state index contributed by atoms with van der Waals surface area (Å²) in [5.41, 5.74) is 0.801. The van der Waals surface area contributed by atoms with Crippen molar-refractivity contribution < 1.29 is 14.3 Å². The van der Waals surface area contributed by atoms with Crippen molar-refractivity contribution in [3.63, 3.8) is 0 Å². The highest BCUT2D eigenvalue weighted by Crippen LogP contribution is 2.26. The Bertz CT molecular complexity index is 587. The Kier molecular flexibility index (Phi) is 5.15. The number of hydrogen-bond donors (Lipinski definition) is 1. The predicted octanol–water partition coefficient (Wildman–Crippen LogP) is 2.17. The fourth-order valence-corrected chi connectivity index (χ4v) is 1.78. The molecule has 21 heavy (non-hydrogen) atoms. The van der Waals surface area contributed by atoms with Crippen molar-refractivity contribution in [2.24, 2.45) is 0 Å². The highest BCUT2D eigenvalue weighted by Gasteiger charge is 2.16. The van der Waals surface area contributed by atoms with Crippen LogP contribution in [0.4, 0.5) is 0 Å². The van der Waals surface area contributed by atoms with Crippen LogP contribution in [0.15, 0.2) is 48.7 Å². The lowest BCUT2D eigenvalue weighted by molar-refractivity contribution is -0.127. The van der Waals surface area contributed by atoms with Crippen molar-refractivity contribution in [2.75, 3.05) is 7.11 Å². The Morgan fingerprint density at radius 1 is 1.19 bits per heavy atom. The summed E-state index contributed by atoms with van der Waals surface area (Å²) in [5.74, 6) is 0.939. The van der Waals surface area contributed by atoms with E-state index in [1.54, 1.807) is 32.4 Å². The summed E-state index contributed by atoms with van der Waals surface area (Å²) in [5, 5.41) is 2.79. The molecule has 5 nitrogen and oxygen atoms in total. The fourth-order valence-electron chi connectivity index (χ4n) is 1.78. The number of nitrogens with one attached hydrogen (secondary N) is 1. The number of rotatable bonds is 6. The molecular weight excluding hydrogens is 268 g/mol. The van der Waals surface area contributed by atoms with E-state index in [0.29, 0.717) is 18.0 Å². The van der Waals surface area contributed by atoms with E-state index in [0.717, 1.165) is 5.69 Å². The Labute approximate surface area is 123 Å². The first kappa shape index (κ1) is 14.8. The van der Waals surface area contributed by atoms with E-state index >= 15 is 0 Å². The minimum absolute atomic E-state index is 0.202.